The molecule has 0 bridgehead atoms. The highest BCUT2D eigenvalue weighted by molar-refractivity contribution is 6.39. The van der Waals surface area contributed by atoms with Crippen molar-refractivity contribution in [3.63, 3.8) is 0 Å². The van der Waals surface area contributed by atoms with Crippen LogP contribution in [0.3, 0.4) is 0 Å². The summed E-state index contributed by atoms with van der Waals surface area (Å²) < 4.78 is 16.4. The number of fused-ring (bicyclic) bond motifs is 1. The molecule has 0 radical (unpaired) electrons. The van der Waals surface area contributed by atoms with Gasteiger partial charge in [-0.05, 0) is 30.3 Å². The van der Waals surface area contributed by atoms with Crippen molar-refractivity contribution in [1.29, 1.82) is 0 Å². The standard InChI is InChI=1S/C21H23N3O5/c25-20(21(26)23-16-4-2-1-3-5-16)22-13-17(24-8-10-27-11-9-24)15-6-7-18-19(12-15)29-14-28-18/h1-7,12,17H,8-11,13-14H2,(H,22,25)(H,23,26)/p+1/t17-/m1/s1. The van der Waals surface area contributed by atoms with Gasteiger partial charge in [0.2, 0.25) is 6.79 Å². The van der Waals surface area contributed by atoms with Crippen LogP contribution >= 0.6 is 0 Å². The first kappa shape index (κ1) is 19.2. The number of nitrogens with one attached hydrogen (secondary N) is 3. The van der Waals surface area contributed by atoms with Crippen LogP contribution in [0.4, 0.5) is 5.69 Å². The molecule has 152 valence electrons. The molecule has 0 aliphatic carbocycles. The van der Waals surface area contributed by atoms with Gasteiger partial charge in [-0.2, -0.15) is 0 Å². The number of morpholine rings is 1. The van der Waals surface area contributed by atoms with Crippen molar-refractivity contribution in [2.45, 2.75) is 6.04 Å². The number of ether oxygens (including phenoxy) is 3. The highest BCUT2D eigenvalue weighted by atomic mass is 16.7. The molecule has 1 atom stereocenters. The molecule has 2 amide bonds. The first-order chi connectivity index (χ1) is 14.2. The average Bonchev–Trinajstić information content (AvgIpc) is 3.23. The number of para-hydroxylation sites is 1. The summed E-state index contributed by atoms with van der Waals surface area (Å²) >= 11 is 0. The summed E-state index contributed by atoms with van der Waals surface area (Å²) in [5, 5.41) is 5.39. The molecule has 29 heavy (non-hydrogen) atoms. The zero-order valence-corrected chi connectivity index (χ0v) is 16.0. The number of hydrogen-bond acceptors (Lipinski definition) is 5. The van der Waals surface area contributed by atoms with E-state index in [1.807, 2.05) is 24.3 Å². The predicted octanol–water partition coefficient (Wildman–Crippen LogP) is 0.126. The molecule has 2 heterocycles. The Morgan fingerprint density at radius 2 is 1.72 bits per heavy atom. The fourth-order valence-electron chi connectivity index (χ4n) is 3.59. The summed E-state index contributed by atoms with van der Waals surface area (Å²) in [7, 11) is 0. The van der Waals surface area contributed by atoms with Gasteiger partial charge < -0.3 is 29.7 Å². The predicted molar refractivity (Wildman–Crippen MR) is 105 cm³/mol. The summed E-state index contributed by atoms with van der Waals surface area (Å²) in [5.41, 5.74) is 1.61. The Labute approximate surface area is 168 Å². The maximum absolute atomic E-state index is 12.4. The average molecular weight is 398 g/mol. The van der Waals surface area contributed by atoms with Crippen molar-refractivity contribution in [1.82, 2.24) is 5.32 Å². The monoisotopic (exact) mass is 398 g/mol. The smallest absolute Gasteiger partial charge is 0.313 e. The molecule has 4 rings (SSSR count). The first-order valence-electron chi connectivity index (χ1n) is 9.67. The maximum Gasteiger partial charge on any atom is 0.313 e. The Hall–Kier alpha value is -3.10. The fourth-order valence-corrected chi connectivity index (χ4v) is 3.59. The Balaban J connectivity index is 1.44. The third-order valence-electron chi connectivity index (χ3n) is 5.13. The van der Waals surface area contributed by atoms with Crippen LogP contribution in [0.5, 0.6) is 11.5 Å². The number of hydrogen-bond donors (Lipinski definition) is 3. The molecule has 1 saturated heterocycles. The highest BCUT2D eigenvalue weighted by Crippen LogP contribution is 2.33. The number of carbonyl (C=O) groups excluding carboxylic acids is 2. The van der Waals surface area contributed by atoms with Crippen LogP contribution in [0.15, 0.2) is 48.5 Å². The van der Waals surface area contributed by atoms with E-state index in [-0.39, 0.29) is 12.8 Å². The molecule has 1 fully saturated rings. The molecule has 0 spiro atoms. The van der Waals surface area contributed by atoms with Crippen LogP contribution in [0.1, 0.15) is 11.6 Å². The van der Waals surface area contributed by atoms with Crippen LogP contribution in [0.2, 0.25) is 0 Å². The van der Waals surface area contributed by atoms with Crippen molar-refractivity contribution in [2.75, 3.05) is 45.0 Å². The summed E-state index contributed by atoms with van der Waals surface area (Å²) in [6, 6.07) is 14.7. The second-order valence-corrected chi connectivity index (χ2v) is 6.97. The maximum atomic E-state index is 12.4. The summed E-state index contributed by atoms with van der Waals surface area (Å²) in [6.07, 6.45) is 0. The van der Waals surface area contributed by atoms with E-state index in [1.54, 1.807) is 24.3 Å². The number of benzene rings is 2. The van der Waals surface area contributed by atoms with Crippen molar-refractivity contribution in [3.8, 4) is 11.5 Å². The van der Waals surface area contributed by atoms with Gasteiger partial charge in [0.15, 0.2) is 11.5 Å². The second kappa shape index (κ2) is 8.93. The highest BCUT2D eigenvalue weighted by Gasteiger charge is 2.29. The molecule has 2 aliphatic heterocycles. The van der Waals surface area contributed by atoms with Gasteiger partial charge in [-0.1, -0.05) is 18.2 Å². The second-order valence-electron chi connectivity index (χ2n) is 6.97. The molecule has 2 aromatic carbocycles. The molecule has 8 heteroatoms. The number of carbonyl (C=O) groups is 2. The van der Waals surface area contributed by atoms with Gasteiger partial charge in [0.05, 0.1) is 19.8 Å². The van der Waals surface area contributed by atoms with Gasteiger partial charge in [-0.25, -0.2) is 0 Å². The van der Waals surface area contributed by atoms with E-state index in [0.717, 1.165) is 24.4 Å². The third-order valence-corrected chi connectivity index (χ3v) is 5.13. The largest absolute Gasteiger partial charge is 0.454 e. The van der Waals surface area contributed by atoms with E-state index in [1.165, 1.54) is 4.90 Å². The van der Waals surface area contributed by atoms with E-state index < -0.39 is 11.8 Å². The SMILES string of the molecule is O=C(NC[C@H](c1ccc2c(c1)OCO2)[NH+]1CCOCC1)C(=O)Nc1ccccc1. The van der Waals surface area contributed by atoms with Crippen LogP contribution in [0, 0.1) is 0 Å². The van der Waals surface area contributed by atoms with Gasteiger partial charge in [0.25, 0.3) is 0 Å². The molecule has 3 N–H and O–H groups in total. The minimum atomic E-state index is -0.683. The molecule has 8 nitrogen and oxygen atoms in total. The molecule has 2 aliphatic rings. The summed E-state index contributed by atoms with van der Waals surface area (Å²) in [6.45, 7) is 3.52. The lowest BCUT2D eigenvalue weighted by molar-refractivity contribution is -0.937. The van der Waals surface area contributed by atoms with Crippen LogP contribution in [-0.2, 0) is 14.3 Å². The third kappa shape index (κ3) is 4.67. The minimum Gasteiger partial charge on any atom is -0.454 e. The topological polar surface area (TPSA) is 90.3 Å². The van der Waals surface area contributed by atoms with Crippen molar-refractivity contribution >= 4 is 17.5 Å². The first-order valence-corrected chi connectivity index (χ1v) is 9.67. The minimum absolute atomic E-state index is 0.0260. The zero-order chi connectivity index (χ0) is 20.1. The quantitative estimate of drug-likeness (QED) is 0.623. The lowest BCUT2D eigenvalue weighted by Crippen LogP contribution is -3.15. The fraction of sp³-hybridized carbons (Fsp3) is 0.333. The van der Waals surface area contributed by atoms with Crippen molar-refractivity contribution in [2.24, 2.45) is 0 Å². The Morgan fingerprint density at radius 3 is 2.52 bits per heavy atom. The Bertz CT molecular complexity index is 868. The van der Waals surface area contributed by atoms with E-state index in [9.17, 15) is 9.59 Å². The van der Waals surface area contributed by atoms with Gasteiger partial charge in [0.1, 0.15) is 19.1 Å². The normalized spacial score (nSPS) is 16.8. The molecule has 0 unspecified atom stereocenters. The van der Waals surface area contributed by atoms with E-state index in [2.05, 4.69) is 10.6 Å². The van der Waals surface area contributed by atoms with Gasteiger partial charge in [0, 0.05) is 11.3 Å². The zero-order valence-electron chi connectivity index (χ0n) is 16.0. The Kier molecular flexibility index (Phi) is 5.92. The lowest BCUT2D eigenvalue weighted by Gasteiger charge is -2.32. The summed E-state index contributed by atoms with van der Waals surface area (Å²) in [5.74, 6) is 0.0777. The van der Waals surface area contributed by atoms with E-state index in [0.29, 0.717) is 31.2 Å². The van der Waals surface area contributed by atoms with Gasteiger partial charge >= 0.3 is 11.8 Å². The molecule has 0 saturated carbocycles. The van der Waals surface area contributed by atoms with E-state index in [4.69, 9.17) is 14.2 Å². The Morgan fingerprint density at radius 1 is 0.966 bits per heavy atom. The lowest BCUT2D eigenvalue weighted by atomic mass is 10.0. The molecule has 0 aromatic heterocycles. The number of rotatable bonds is 5. The van der Waals surface area contributed by atoms with Crippen LogP contribution < -0.4 is 25.0 Å². The van der Waals surface area contributed by atoms with Gasteiger partial charge in [-0.15, -0.1) is 0 Å². The summed E-state index contributed by atoms with van der Waals surface area (Å²) in [4.78, 5) is 25.8. The number of anilines is 1. The number of quaternary nitrogens is 1. The van der Waals surface area contributed by atoms with Crippen LogP contribution in [0.25, 0.3) is 0 Å². The van der Waals surface area contributed by atoms with E-state index >= 15 is 0 Å². The molecular weight excluding hydrogens is 374 g/mol. The molecular formula is C21H24N3O5+. The van der Waals surface area contributed by atoms with Crippen LogP contribution in [-0.4, -0.2) is 51.5 Å². The van der Waals surface area contributed by atoms with Crippen molar-refractivity contribution < 1.29 is 28.7 Å². The van der Waals surface area contributed by atoms with Crippen molar-refractivity contribution in [3.05, 3.63) is 54.1 Å². The molecule has 2 aromatic rings. The number of amides is 2. The van der Waals surface area contributed by atoms with Gasteiger partial charge in [-0.3, -0.25) is 9.59 Å².